The fraction of sp³-hybridized carbons (Fsp3) is 0.818. The molecule has 0 bridgehead atoms. The van der Waals surface area contributed by atoms with Crippen molar-refractivity contribution in [3.05, 3.63) is 0 Å². The number of carbonyl (C=O) groups excluding carboxylic acids is 2. The minimum absolute atomic E-state index is 0.0699. The van der Waals surface area contributed by atoms with Crippen molar-refractivity contribution < 1.29 is 29.3 Å². The lowest BCUT2D eigenvalue weighted by Crippen LogP contribution is -2.37. The molecule has 4 N–H and O–H groups in total. The normalized spacial score (nSPS) is 13.8. The minimum atomic E-state index is -0.928. The topological polar surface area (TPSA) is 119 Å². The first kappa shape index (κ1) is 16.8. The van der Waals surface area contributed by atoms with Crippen LogP contribution in [0.2, 0.25) is 0 Å². The standard InChI is InChI=1S/C11H21NO6/c1-2-8(10(15)17-5-3-13)7-9(12)11(16)18-6-4-14/h8-9,13-14H,2-7,12H2,1H3/t8?,9-/m1/s1. The van der Waals surface area contributed by atoms with E-state index in [0.717, 1.165) is 0 Å². The number of nitrogens with two attached hydrogens (primary N) is 1. The van der Waals surface area contributed by atoms with Gasteiger partial charge in [-0.2, -0.15) is 0 Å². The molecule has 0 fully saturated rings. The van der Waals surface area contributed by atoms with E-state index in [9.17, 15) is 9.59 Å². The Bertz CT molecular complexity index is 258. The van der Waals surface area contributed by atoms with E-state index in [4.69, 9.17) is 20.7 Å². The van der Waals surface area contributed by atoms with Gasteiger partial charge in [0, 0.05) is 0 Å². The zero-order chi connectivity index (χ0) is 14.0. The van der Waals surface area contributed by atoms with Gasteiger partial charge >= 0.3 is 11.9 Å². The predicted molar refractivity (Wildman–Crippen MR) is 62.5 cm³/mol. The second-order valence-electron chi connectivity index (χ2n) is 3.73. The first-order valence-corrected chi connectivity index (χ1v) is 5.87. The maximum atomic E-state index is 11.5. The molecule has 106 valence electrons. The highest BCUT2D eigenvalue weighted by Gasteiger charge is 2.25. The lowest BCUT2D eigenvalue weighted by Gasteiger charge is -2.17. The molecule has 0 aromatic rings. The molecule has 7 nitrogen and oxygen atoms in total. The zero-order valence-corrected chi connectivity index (χ0v) is 10.5. The Labute approximate surface area is 106 Å². The van der Waals surface area contributed by atoms with E-state index < -0.39 is 23.9 Å². The molecule has 0 saturated heterocycles. The molecule has 0 spiro atoms. The van der Waals surface area contributed by atoms with Crippen molar-refractivity contribution in [2.45, 2.75) is 25.8 Å². The van der Waals surface area contributed by atoms with E-state index in [0.29, 0.717) is 6.42 Å². The van der Waals surface area contributed by atoms with Gasteiger partial charge in [-0.3, -0.25) is 9.59 Å². The fourth-order valence-electron chi connectivity index (χ4n) is 1.35. The SMILES string of the molecule is CCC(C[C@@H](N)C(=O)OCCO)C(=O)OCCO. The van der Waals surface area contributed by atoms with E-state index in [1.807, 2.05) is 0 Å². The molecule has 0 aliphatic carbocycles. The molecular weight excluding hydrogens is 242 g/mol. The highest BCUT2D eigenvalue weighted by Crippen LogP contribution is 2.13. The maximum Gasteiger partial charge on any atom is 0.323 e. The van der Waals surface area contributed by atoms with Gasteiger partial charge in [0.25, 0.3) is 0 Å². The smallest absolute Gasteiger partial charge is 0.323 e. The molecule has 0 rings (SSSR count). The van der Waals surface area contributed by atoms with Crippen molar-refractivity contribution in [1.29, 1.82) is 0 Å². The molecule has 0 aliphatic rings. The van der Waals surface area contributed by atoms with Gasteiger partial charge in [-0.15, -0.1) is 0 Å². The van der Waals surface area contributed by atoms with Crippen LogP contribution in [-0.2, 0) is 19.1 Å². The molecule has 0 amide bonds. The molecule has 1 unspecified atom stereocenters. The maximum absolute atomic E-state index is 11.5. The van der Waals surface area contributed by atoms with Crippen molar-refractivity contribution in [2.75, 3.05) is 26.4 Å². The number of hydrogen-bond acceptors (Lipinski definition) is 7. The number of esters is 2. The van der Waals surface area contributed by atoms with Gasteiger partial charge in [0.2, 0.25) is 0 Å². The summed E-state index contributed by atoms with van der Waals surface area (Å²) in [5.74, 6) is -1.65. The number of ether oxygens (including phenoxy) is 2. The van der Waals surface area contributed by atoms with Gasteiger partial charge in [0.1, 0.15) is 19.3 Å². The van der Waals surface area contributed by atoms with Gasteiger partial charge in [-0.1, -0.05) is 6.92 Å². The largest absolute Gasteiger partial charge is 0.463 e. The molecule has 0 heterocycles. The van der Waals surface area contributed by atoms with Crippen LogP contribution in [0.1, 0.15) is 19.8 Å². The highest BCUT2D eigenvalue weighted by atomic mass is 16.5. The van der Waals surface area contributed by atoms with Crippen molar-refractivity contribution in [3.63, 3.8) is 0 Å². The van der Waals surface area contributed by atoms with E-state index in [1.165, 1.54) is 0 Å². The van der Waals surface area contributed by atoms with E-state index >= 15 is 0 Å². The van der Waals surface area contributed by atoms with Crippen molar-refractivity contribution >= 4 is 11.9 Å². The van der Waals surface area contributed by atoms with Gasteiger partial charge in [0.15, 0.2) is 0 Å². The Morgan fingerprint density at radius 2 is 1.61 bits per heavy atom. The molecular formula is C11H21NO6. The van der Waals surface area contributed by atoms with Crippen molar-refractivity contribution in [2.24, 2.45) is 11.7 Å². The molecule has 0 saturated carbocycles. The number of aliphatic hydroxyl groups excluding tert-OH is 2. The molecule has 7 heteroatoms. The van der Waals surface area contributed by atoms with Crippen LogP contribution in [0.15, 0.2) is 0 Å². The third kappa shape index (κ3) is 6.53. The summed E-state index contributed by atoms with van der Waals surface area (Å²) in [5, 5.41) is 17.0. The van der Waals surface area contributed by atoms with Crippen LogP contribution in [0, 0.1) is 5.92 Å². The Hall–Kier alpha value is -1.18. The monoisotopic (exact) mass is 263 g/mol. The van der Waals surface area contributed by atoms with Crippen LogP contribution >= 0.6 is 0 Å². The molecule has 2 atom stereocenters. The Morgan fingerprint density at radius 1 is 1.11 bits per heavy atom. The Morgan fingerprint density at radius 3 is 2.06 bits per heavy atom. The molecule has 0 aromatic heterocycles. The van der Waals surface area contributed by atoms with Gasteiger partial charge in [0.05, 0.1) is 19.1 Å². The lowest BCUT2D eigenvalue weighted by molar-refractivity contribution is -0.151. The zero-order valence-electron chi connectivity index (χ0n) is 10.5. The summed E-state index contributed by atoms with van der Waals surface area (Å²) >= 11 is 0. The van der Waals surface area contributed by atoms with Crippen LogP contribution in [0.4, 0.5) is 0 Å². The summed E-state index contributed by atoms with van der Waals surface area (Å²) in [5.41, 5.74) is 5.59. The van der Waals surface area contributed by atoms with Gasteiger partial charge < -0.3 is 25.4 Å². The second kappa shape index (κ2) is 9.81. The third-order valence-electron chi connectivity index (χ3n) is 2.34. The molecule has 0 aromatic carbocycles. The van der Waals surface area contributed by atoms with Crippen LogP contribution in [0.5, 0.6) is 0 Å². The van der Waals surface area contributed by atoms with Crippen molar-refractivity contribution in [3.8, 4) is 0 Å². The quantitative estimate of drug-likeness (QED) is 0.447. The van der Waals surface area contributed by atoms with E-state index in [2.05, 4.69) is 4.74 Å². The summed E-state index contributed by atoms with van der Waals surface area (Å²) in [6.45, 7) is 1.08. The summed E-state index contributed by atoms with van der Waals surface area (Å²) in [7, 11) is 0. The fourth-order valence-corrected chi connectivity index (χ4v) is 1.35. The first-order chi connectivity index (χ1) is 8.56. The number of hydrogen-bond donors (Lipinski definition) is 3. The van der Waals surface area contributed by atoms with E-state index in [-0.39, 0.29) is 32.8 Å². The second-order valence-corrected chi connectivity index (χ2v) is 3.73. The molecule has 18 heavy (non-hydrogen) atoms. The summed E-state index contributed by atoms with van der Waals surface area (Å²) in [4.78, 5) is 22.9. The van der Waals surface area contributed by atoms with Crippen LogP contribution in [0.25, 0.3) is 0 Å². The van der Waals surface area contributed by atoms with Gasteiger partial charge in [-0.25, -0.2) is 0 Å². The number of rotatable bonds is 9. The summed E-state index contributed by atoms with van der Waals surface area (Å²) in [6, 6.07) is -0.928. The number of aliphatic hydroxyl groups is 2. The Kier molecular flexibility index (Phi) is 9.17. The van der Waals surface area contributed by atoms with Crippen molar-refractivity contribution in [1.82, 2.24) is 0 Å². The summed E-state index contributed by atoms with van der Waals surface area (Å²) in [6.07, 6.45) is 0.594. The number of carbonyl (C=O) groups is 2. The molecule has 0 radical (unpaired) electrons. The van der Waals surface area contributed by atoms with E-state index in [1.54, 1.807) is 6.92 Å². The third-order valence-corrected chi connectivity index (χ3v) is 2.34. The Balaban J connectivity index is 4.17. The minimum Gasteiger partial charge on any atom is -0.463 e. The highest BCUT2D eigenvalue weighted by molar-refractivity contribution is 5.78. The average molecular weight is 263 g/mol. The van der Waals surface area contributed by atoms with Crippen LogP contribution in [-0.4, -0.2) is 54.6 Å². The molecule has 0 aliphatic heterocycles. The van der Waals surface area contributed by atoms with Gasteiger partial charge in [-0.05, 0) is 12.8 Å². The lowest BCUT2D eigenvalue weighted by atomic mass is 9.98. The van der Waals surface area contributed by atoms with Crippen LogP contribution in [0.3, 0.4) is 0 Å². The first-order valence-electron chi connectivity index (χ1n) is 5.87. The predicted octanol–water partition coefficient (Wildman–Crippen LogP) is -1.20. The average Bonchev–Trinajstić information content (AvgIpc) is 2.38. The summed E-state index contributed by atoms with van der Waals surface area (Å²) < 4.78 is 9.42. The van der Waals surface area contributed by atoms with Crippen LogP contribution < -0.4 is 5.73 Å².